The van der Waals surface area contributed by atoms with Crippen molar-refractivity contribution in [2.24, 2.45) is 0 Å². The third-order valence-corrected chi connectivity index (χ3v) is 5.54. The number of methoxy groups -OCH3 is 1. The number of halogens is 1. The van der Waals surface area contributed by atoms with E-state index < -0.39 is 5.97 Å². The molecule has 0 saturated carbocycles. The summed E-state index contributed by atoms with van der Waals surface area (Å²) in [7, 11) is 1.30. The van der Waals surface area contributed by atoms with Crippen LogP contribution in [0.4, 0.5) is 5.00 Å². The zero-order chi connectivity index (χ0) is 15.7. The molecular formula is C15H10ClNO3S2. The molecule has 1 amide bonds. The molecule has 3 rings (SSSR count). The summed E-state index contributed by atoms with van der Waals surface area (Å²) in [5, 5.41) is 6.17. The molecule has 7 heteroatoms. The molecule has 0 aliphatic rings. The Kier molecular flexibility index (Phi) is 4.15. The number of thiophene rings is 2. The summed E-state index contributed by atoms with van der Waals surface area (Å²) in [6.07, 6.45) is 0. The summed E-state index contributed by atoms with van der Waals surface area (Å²) in [4.78, 5) is 24.5. The van der Waals surface area contributed by atoms with E-state index in [0.717, 1.165) is 10.1 Å². The summed E-state index contributed by atoms with van der Waals surface area (Å²) >= 11 is 8.86. The Morgan fingerprint density at radius 1 is 1.23 bits per heavy atom. The largest absolute Gasteiger partial charge is 0.465 e. The van der Waals surface area contributed by atoms with Gasteiger partial charge in [0.15, 0.2) is 0 Å². The first kappa shape index (κ1) is 15.0. The smallest absolute Gasteiger partial charge is 0.340 e. The Hall–Kier alpha value is -1.89. The Balaban J connectivity index is 1.93. The second-order valence-corrected chi connectivity index (χ2v) is 6.70. The summed E-state index contributed by atoms with van der Waals surface area (Å²) in [6, 6.07) is 9.16. The van der Waals surface area contributed by atoms with Crippen LogP contribution in [0.1, 0.15) is 20.0 Å². The lowest BCUT2D eigenvalue weighted by atomic mass is 10.2. The fourth-order valence-corrected chi connectivity index (χ4v) is 4.18. The van der Waals surface area contributed by atoms with Gasteiger partial charge in [0.2, 0.25) is 0 Å². The van der Waals surface area contributed by atoms with Crippen LogP contribution in [-0.4, -0.2) is 19.0 Å². The van der Waals surface area contributed by atoms with Crippen molar-refractivity contribution < 1.29 is 14.3 Å². The minimum absolute atomic E-state index is 0.332. The van der Waals surface area contributed by atoms with Crippen molar-refractivity contribution in [3.05, 3.63) is 51.2 Å². The standard InChI is InChI=1S/C15H10ClNO3S2/c1-20-15(19)9-6-7-21-14(9)17-13(18)12-11(16)8-4-2-3-5-10(8)22-12/h2-7H,1H3,(H,17,18). The van der Waals surface area contributed by atoms with E-state index in [2.05, 4.69) is 10.1 Å². The number of hydrogen-bond acceptors (Lipinski definition) is 5. The summed E-state index contributed by atoms with van der Waals surface area (Å²) in [5.74, 6) is -0.821. The first-order valence-electron chi connectivity index (χ1n) is 6.26. The number of rotatable bonds is 3. The topological polar surface area (TPSA) is 55.4 Å². The van der Waals surface area contributed by atoms with Gasteiger partial charge in [-0.2, -0.15) is 0 Å². The molecule has 0 bridgehead atoms. The van der Waals surface area contributed by atoms with Crippen LogP contribution in [0.2, 0.25) is 5.02 Å². The van der Waals surface area contributed by atoms with Gasteiger partial charge >= 0.3 is 5.97 Å². The second-order valence-electron chi connectivity index (χ2n) is 4.35. The van der Waals surface area contributed by atoms with Gasteiger partial charge in [0.05, 0.1) is 17.7 Å². The number of carbonyl (C=O) groups is 2. The van der Waals surface area contributed by atoms with Crippen LogP contribution in [0.15, 0.2) is 35.7 Å². The number of ether oxygens (including phenoxy) is 1. The molecule has 0 saturated heterocycles. The van der Waals surface area contributed by atoms with Crippen LogP contribution in [0.3, 0.4) is 0 Å². The Morgan fingerprint density at radius 2 is 2.00 bits per heavy atom. The van der Waals surface area contributed by atoms with Crippen LogP contribution in [0.25, 0.3) is 10.1 Å². The van der Waals surface area contributed by atoms with E-state index >= 15 is 0 Å². The molecule has 0 atom stereocenters. The van der Waals surface area contributed by atoms with E-state index in [0.29, 0.717) is 20.5 Å². The molecule has 0 spiro atoms. The maximum atomic E-state index is 12.4. The number of amides is 1. The van der Waals surface area contributed by atoms with Crippen LogP contribution in [0, 0.1) is 0 Å². The van der Waals surface area contributed by atoms with E-state index in [1.165, 1.54) is 29.8 Å². The predicted molar refractivity (Wildman–Crippen MR) is 90.4 cm³/mol. The van der Waals surface area contributed by atoms with Crippen molar-refractivity contribution in [1.82, 2.24) is 0 Å². The number of nitrogens with one attached hydrogen (secondary N) is 1. The number of carbonyl (C=O) groups excluding carboxylic acids is 2. The molecule has 2 heterocycles. The third kappa shape index (κ3) is 2.61. The average Bonchev–Trinajstić information content (AvgIpc) is 3.12. The first-order valence-corrected chi connectivity index (χ1v) is 8.33. The summed E-state index contributed by atoms with van der Waals surface area (Å²) < 4.78 is 5.63. The number of hydrogen-bond donors (Lipinski definition) is 1. The Morgan fingerprint density at radius 3 is 2.73 bits per heavy atom. The molecule has 1 aromatic carbocycles. The monoisotopic (exact) mass is 351 g/mol. The number of benzene rings is 1. The molecule has 22 heavy (non-hydrogen) atoms. The molecule has 2 aromatic heterocycles. The van der Waals surface area contributed by atoms with E-state index in [-0.39, 0.29) is 5.91 Å². The minimum atomic E-state index is -0.487. The summed E-state index contributed by atoms with van der Waals surface area (Å²) in [5.41, 5.74) is 0.332. The predicted octanol–water partition coefficient (Wildman–Crippen LogP) is 4.66. The highest BCUT2D eigenvalue weighted by Crippen LogP contribution is 2.36. The van der Waals surface area contributed by atoms with Gasteiger partial charge in [-0.15, -0.1) is 22.7 Å². The molecule has 4 nitrogen and oxygen atoms in total. The van der Waals surface area contributed by atoms with Crippen molar-refractivity contribution in [2.75, 3.05) is 12.4 Å². The summed E-state index contributed by atoms with van der Waals surface area (Å²) in [6.45, 7) is 0. The van der Waals surface area contributed by atoms with E-state index in [1.807, 2.05) is 24.3 Å². The molecule has 0 unspecified atom stereocenters. The second kappa shape index (κ2) is 6.08. The van der Waals surface area contributed by atoms with Gasteiger partial charge in [-0.25, -0.2) is 4.79 Å². The minimum Gasteiger partial charge on any atom is -0.465 e. The van der Waals surface area contributed by atoms with Gasteiger partial charge in [0.25, 0.3) is 5.91 Å². The molecule has 0 aliphatic heterocycles. The van der Waals surface area contributed by atoms with Crippen molar-refractivity contribution in [2.45, 2.75) is 0 Å². The molecule has 0 aliphatic carbocycles. The van der Waals surface area contributed by atoms with Crippen LogP contribution < -0.4 is 5.32 Å². The maximum absolute atomic E-state index is 12.4. The number of esters is 1. The van der Waals surface area contributed by atoms with Gasteiger partial charge in [0.1, 0.15) is 9.88 Å². The van der Waals surface area contributed by atoms with Crippen LogP contribution in [-0.2, 0) is 4.74 Å². The van der Waals surface area contributed by atoms with Gasteiger partial charge in [0, 0.05) is 10.1 Å². The lowest BCUT2D eigenvalue weighted by molar-refractivity contribution is 0.0602. The SMILES string of the molecule is COC(=O)c1ccsc1NC(=O)c1sc2ccccc2c1Cl. The van der Waals surface area contributed by atoms with Crippen LogP contribution >= 0.6 is 34.3 Å². The van der Waals surface area contributed by atoms with Crippen molar-refractivity contribution >= 4 is 61.2 Å². The molecular weight excluding hydrogens is 342 g/mol. The quantitative estimate of drug-likeness (QED) is 0.698. The molecule has 0 radical (unpaired) electrons. The zero-order valence-electron chi connectivity index (χ0n) is 11.4. The molecule has 112 valence electrons. The number of anilines is 1. The average molecular weight is 352 g/mol. The van der Waals surface area contributed by atoms with Gasteiger partial charge in [-0.1, -0.05) is 29.8 Å². The van der Waals surface area contributed by atoms with Gasteiger partial charge in [-0.05, 0) is 17.5 Å². The van der Waals surface area contributed by atoms with E-state index in [1.54, 1.807) is 11.4 Å². The first-order chi connectivity index (χ1) is 10.6. The van der Waals surface area contributed by atoms with Crippen molar-refractivity contribution in [3.8, 4) is 0 Å². The number of fused-ring (bicyclic) bond motifs is 1. The normalized spacial score (nSPS) is 10.6. The maximum Gasteiger partial charge on any atom is 0.340 e. The highest BCUT2D eigenvalue weighted by molar-refractivity contribution is 7.22. The molecule has 0 fully saturated rings. The van der Waals surface area contributed by atoms with Crippen LogP contribution in [0.5, 0.6) is 0 Å². The van der Waals surface area contributed by atoms with Gasteiger partial charge < -0.3 is 10.1 Å². The Bertz CT molecular complexity index is 869. The lowest BCUT2D eigenvalue weighted by Gasteiger charge is -2.04. The molecule has 1 N–H and O–H groups in total. The highest BCUT2D eigenvalue weighted by atomic mass is 35.5. The van der Waals surface area contributed by atoms with Gasteiger partial charge in [-0.3, -0.25) is 4.79 Å². The lowest BCUT2D eigenvalue weighted by Crippen LogP contribution is -2.12. The molecule has 3 aromatic rings. The van der Waals surface area contributed by atoms with E-state index in [9.17, 15) is 9.59 Å². The van der Waals surface area contributed by atoms with Crippen molar-refractivity contribution in [3.63, 3.8) is 0 Å². The highest BCUT2D eigenvalue weighted by Gasteiger charge is 2.20. The zero-order valence-corrected chi connectivity index (χ0v) is 13.8. The van der Waals surface area contributed by atoms with E-state index in [4.69, 9.17) is 11.6 Å². The fourth-order valence-electron chi connectivity index (χ4n) is 2.00. The fraction of sp³-hybridized carbons (Fsp3) is 0.0667. The third-order valence-electron chi connectivity index (χ3n) is 3.04. The van der Waals surface area contributed by atoms with Crippen molar-refractivity contribution in [1.29, 1.82) is 0 Å². The Labute approximate surface area is 139 Å².